The van der Waals surface area contributed by atoms with E-state index >= 15 is 0 Å². The zero-order valence-corrected chi connectivity index (χ0v) is 12.6. The fourth-order valence-corrected chi connectivity index (χ4v) is 3.38. The topological polar surface area (TPSA) is 38.7 Å². The predicted octanol–water partition coefficient (Wildman–Crippen LogP) is 3.19. The van der Waals surface area contributed by atoms with Crippen LogP contribution in [0.1, 0.15) is 31.4 Å². The van der Waals surface area contributed by atoms with Crippen molar-refractivity contribution in [2.24, 2.45) is 0 Å². The van der Waals surface area contributed by atoms with E-state index in [1.165, 1.54) is 0 Å². The Balaban J connectivity index is 2.59. The molecule has 1 aliphatic rings. The Morgan fingerprint density at radius 1 is 1.33 bits per heavy atom. The van der Waals surface area contributed by atoms with Crippen LogP contribution in [0.2, 0.25) is 0 Å². The van der Waals surface area contributed by atoms with Crippen molar-refractivity contribution < 1.29 is 14.6 Å². The SMILES string of the molecule is Cc1c2c(cc(Br)c1C(C)(C)CO)OCCCO2. The summed E-state index contributed by atoms with van der Waals surface area (Å²) in [6.07, 6.45) is 0.893. The van der Waals surface area contributed by atoms with Crippen molar-refractivity contribution >= 4 is 15.9 Å². The van der Waals surface area contributed by atoms with Crippen molar-refractivity contribution in [1.82, 2.24) is 0 Å². The zero-order valence-electron chi connectivity index (χ0n) is 11.0. The minimum atomic E-state index is -0.312. The van der Waals surface area contributed by atoms with Gasteiger partial charge in [-0.1, -0.05) is 29.8 Å². The number of ether oxygens (including phenoxy) is 2. The lowest BCUT2D eigenvalue weighted by molar-refractivity contribution is 0.216. The van der Waals surface area contributed by atoms with Crippen LogP contribution < -0.4 is 9.47 Å². The van der Waals surface area contributed by atoms with Gasteiger partial charge in [-0.05, 0) is 24.1 Å². The molecule has 0 fully saturated rings. The first-order chi connectivity index (χ1) is 8.47. The molecule has 4 heteroatoms. The molecule has 2 rings (SSSR count). The molecule has 0 spiro atoms. The molecule has 3 nitrogen and oxygen atoms in total. The molecule has 100 valence electrons. The van der Waals surface area contributed by atoms with Crippen LogP contribution in [0.5, 0.6) is 11.5 Å². The summed E-state index contributed by atoms with van der Waals surface area (Å²) in [6.45, 7) is 7.50. The standard InChI is InChI=1S/C14H19BrO3/c1-9-12(14(2,3)8-16)10(15)7-11-13(9)18-6-4-5-17-11/h7,16H,4-6,8H2,1-3H3. The summed E-state index contributed by atoms with van der Waals surface area (Å²) in [5.41, 5.74) is 1.81. The monoisotopic (exact) mass is 314 g/mol. The number of fused-ring (bicyclic) bond motifs is 1. The second kappa shape index (κ2) is 5.10. The quantitative estimate of drug-likeness (QED) is 0.911. The van der Waals surface area contributed by atoms with Gasteiger partial charge in [0.25, 0.3) is 0 Å². The third-order valence-corrected chi connectivity index (χ3v) is 3.93. The third-order valence-electron chi connectivity index (χ3n) is 3.30. The van der Waals surface area contributed by atoms with E-state index < -0.39 is 0 Å². The number of hydrogen-bond acceptors (Lipinski definition) is 3. The van der Waals surface area contributed by atoms with Crippen LogP contribution in [0, 0.1) is 6.92 Å². The number of benzene rings is 1. The highest BCUT2D eigenvalue weighted by molar-refractivity contribution is 9.10. The van der Waals surface area contributed by atoms with E-state index in [1.807, 2.05) is 26.8 Å². The number of aliphatic hydroxyl groups is 1. The first-order valence-corrected chi connectivity index (χ1v) is 6.96. The summed E-state index contributed by atoms with van der Waals surface area (Å²) in [7, 11) is 0. The van der Waals surface area contributed by atoms with Gasteiger partial charge in [-0.25, -0.2) is 0 Å². The first-order valence-electron chi connectivity index (χ1n) is 6.17. The van der Waals surface area contributed by atoms with Gasteiger partial charge in [0.2, 0.25) is 0 Å². The summed E-state index contributed by atoms with van der Waals surface area (Å²) in [6, 6.07) is 1.94. The summed E-state index contributed by atoms with van der Waals surface area (Å²) in [4.78, 5) is 0. The Labute approximate surface area is 116 Å². The van der Waals surface area contributed by atoms with Gasteiger partial charge in [-0.2, -0.15) is 0 Å². The number of halogens is 1. The van der Waals surface area contributed by atoms with Crippen molar-refractivity contribution in [3.05, 3.63) is 21.7 Å². The second-order valence-corrected chi connectivity index (χ2v) is 6.13. The smallest absolute Gasteiger partial charge is 0.164 e. The molecular weight excluding hydrogens is 296 g/mol. The van der Waals surface area contributed by atoms with Gasteiger partial charge < -0.3 is 14.6 Å². The molecule has 1 aromatic carbocycles. The molecule has 1 aromatic rings. The van der Waals surface area contributed by atoms with E-state index in [4.69, 9.17) is 9.47 Å². The summed E-state index contributed by atoms with van der Waals surface area (Å²) in [5.74, 6) is 1.60. The Bertz CT molecular complexity index is 455. The minimum Gasteiger partial charge on any atom is -0.490 e. The lowest BCUT2D eigenvalue weighted by atomic mass is 9.82. The average Bonchev–Trinajstić information content (AvgIpc) is 2.54. The van der Waals surface area contributed by atoms with Crippen LogP contribution in [-0.4, -0.2) is 24.9 Å². The third kappa shape index (κ3) is 2.36. The lowest BCUT2D eigenvalue weighted by Crippen LogP contribution is -2.24. The molecule has 0 radical (unpaired) electrons. The van der Waals surface area contributed by atoms with Gasteiger partial charge >= 0.3 is 0 Å². The molecule has 18 heavy (non-hydrogen) atoms. The van der Waals surface area contributed by atoms with Crippen LogP contribution in [-0.2, 0) is 5.41 Å². The second-order valence-electron chi connectivity index (χ2n) is 5.28. The predicted molar refractivity (Wildman–Crippen MR) is 74.6 cm³/mol. The summed E-state index contributed by atoms with van der Waals surface area (Å²) >= 11 is 3.58. The molecule has 0 aromatic heterocycles. The highest BCUT2D eigenvalue weighted by atomic mass is 79.9. The first kappa shape index (κ1) is 13.7. The van der Waals surface area contributed by atoms with Crippen molar-refractivity contribution in [3.63, 3.8) is 0 Å². The molecular formula is C14H19BrO3. The van der Waals surface area contributed by atoms with Crippen molar-refractivity contribution in [3.8, 4) is 11.5 Å². The largest absolute Gasteiger partial charge is 0.490 e. The van der Waals surface area contributed by atoms with Gasteiger partial charge in [0.1, 0.15) is 0 Å². The van der Waals surface area contributed by atoms with Crippen LogP contribution >= 0.6 is 15.9 Å². The molecule has 0 bridgehead atoms. The number of aliphatic hydroxyl groups excluding tert-OH is 1. The van der Waals surface area contributed by atoms with Crippen molar-refractivity contribution in [2.45, 2.75) is 32.6 Å². The van der Waals surface area contributed by atoms with Gasteiger partial charge in [0.15, 0.2) is 11.5 Å². The molecule has 0 saturated heterocycles. The molecule has 0 aliphatic carbocycles. The average molecular weight is 315 g/mol. The maximum atomic E-state index is 9.56. The fraction of sp³-hybridized carbons (Fsp3) is 0.571. The van der Waals surface area contributed by atoms with Crippen molar-refractivity contribution in [1.29, 1.82) is 0 Å². The molecule has 1 heterocycles. The van der Waals surface area contributed by atoms with Gasteiger partial charge in [0, 0.05) is 16.3 Å². The zero-order chi connectivity index (χ0) is 13.3. The fourth-order valence-electron chi connectivity index (χ4n) is 2.34. The number of hydrogen-bond donors (Lipinski definition) is 1. The van der Waals surface area contributed by atoms with E-state index in [1.54, 1.807) is 0 Å². The molecule has 1 aliphatic heterocycles. The Morgan fingerprint density at radius 2 is 2.00 bits per heavy atom. The van der Waals surface area contributed by atoms with E-state index in [2.05, 4.69) is 15.9 Å². The normalized spacial score (nSPS) is 15.4. The van der Waals surface area contributed by atoms with Gasteiger partial charge in [0.05, 0.1) is 19.8 Å². The minimum absolute atomic E-state index is 0.0894. The molecule has 0 unspecified atom stereocenters. The number of rotatable bonds is 2. The Kier molecular flexibility index (Phi) is 3.87. The van der Waals surface area contributed by atoms with Gasteiger partial charge in [-0.3, -0.25) is 0 Å². The van der Waals surface area contributed by atoms with Crippen molar-refractivity contribution in [2.75, 3.05) is 19.8 Å². The molecule has 0 saturated carbocycles. The molecule has 0 atom stereocenters. The van der Waals surface area contributed by atoms with Crippen LogP contribution in [0.3, 0.4) is 0 Å². The van der Waals surface area contributed by atoms with Crippen LogP contribution in [0.15, 0.2) is 10.5 Å². The maximum Gasteiger partial charge on any atom is 0.164 e. The summed E-state index contributed by atoms with van der Waals surface area (Å²) in [5, 5.41) is 9.56. The van der Waals surface area contributed by atoms with Gasteiger partial charge in [-0.15, -0.1) is 0 Å². The molecule has 0 amide bonds. The van der Waals surface area contributed by atoms with E-state index in [0.29, 0.717) is 13.2 Å². The summed E-state index contributed by atoms with van der Waals surface area (Å²) < 4.78 is 12.4. The Hall–Kier alpha value is -0.740. The molecule has 1 N–H and O–H groups in total. The van der Waals surface area contributed by atoms with Crippen LogP contribution in [0.25, 0.3) is 0 Å². The van der Waals surface area contributed by atoms with E-state index in [9.17, 15) is 5.11 Å². The van der Waals surface area contributed by atoms with E-state index in [0.717, 1.165) is 33.5 Å². The highest BCUT2D eigenvalue weighted by Crippen LogP contribution is 2.43. The lowest BCUT2D eigenvalue weighted by Gasteiger charge is -2.27. The Morgan fingerprint density at radius 3 is 2.67 bits per heavy atom. The van der Waals surface area contributed by atoms with Crippen LogP contribution in [0.4, 0.5) is 0 Å². The highest BCUT2D eigenvalue weighted by Gasteiger charge is 2.28. The van der Waals surface area contributed by atoms with E-state index in [-0.39, 0.29) is 12.0 Å². The maximum absolute atomic E-state index is 9.56.